The number of anilines is 1. The molecule has 2 aliphatic heterocycles. The Balaban J connectivity index is 1.49. The maximum Gasteiger partial charge on any atom is 0.315 e. The predicted octanol–water partition coefficient (Wildman–Crippen LogP) is 3.43. The lowest BCUT2D eigenvalue weighted by atomic mass is 9.94. The van der Waals surface area contributed by atoms with E-state index in [1.165, 1.54) is 11.3 Å². The normalized spacial score (nSPS) is 22.2. The summed E-state index contributed by atoms with van der Waals surface area (Å²) in [5, 5.41) is 7.79. The summed E-state index contributed by atoms with van der Waals surface area (Å²) in [6.45, 7) is 2.62. The van der Waals surface area contributed by atoms with Crippen LogP contribution >= 0.6 is 11.3 Å². The summed E-state index contributed by atoms with van der Waals surface area (Å²) < 4.78 is 31.1. The molecule has 0 spiro atoms. The van der Waals surface area contributed by atoms with Gasteiger partial charge in [0.2, 0.25) is 11.8 Å². The van der Waals surface area contributed by atoms with Crippen LogP contribution in [0.15, 0.2) is 36.4 Å². The number of carbonyl (C=O) groups excluding carboxylic acids is 3. The lowest BCUT2D eigenvalue weighted by Gasteiger charge is -2.35. The van der Waals surface area contributed by atoms with Gasteiger partial charge in [-0.3, -0.25) is 9.59 Å². The molecule has 2 atom stereocenters. The number of hydroxylamine groups is 1. The first-order chi connectivity index (χ1) is 19.2. The van der Waals surface area contributed by atoms with E-state index in [1.807, 2.05) is 12.1 Å². The van der Waals surface area contributed by atoms with Crippen molar-refractivity contribution in [2.24, 2.45) is 0 Å². The molecule has 13 heteroatoms. The number of sulfone groups is 1. The van der Waals surface area contributed by atoms with Gasteiger partial charge in [-0.05, 0) is 62.4 Å². The quantitative estimate of drug-likeness (QED) is 0.309. The lowest BCUT2D eigenvalue weighted by Crippen LogP contribution is -2.45. The molecule has 4 rings (SSSR count). The van der Waals surface area contributed by atoms with E-state index < -0.39 is 32.8 Å². The molecule has 4 amide bonds. The van der Waals surface area contributed by atoms with Gasteiger partial charge in [0.05, 0.1) is 18.7 Å². The van der Waals surface area contributed by atoms with Crippen molar-refractivity contribution in [3.05, 3.63) is 41.3 Å². The van der Waals surface area contributed by atoms with Crippen LogP contribution in [0.25, 0.3) is 10.4 Å². The summed E-state index contributed by atoms with van der Waals surface area (Å²) in [7, 11) is -3.62. The first-order valence-corrected chi connectivity index (χ1v) is 16.0. The Morgan fingerprint density at radius 3 is 2.67 bits per heavy atom. The molecule has 1 unspecified atom stereocenters. The maximum atomic E-state index is 13.5. The minimum atomic E-state index is -3.62. The summed E-state index contributed by atoms with van der Waals surface area (Å²) >= 11 is 1.33. The standard InChI is InChI=1S/C27H36N4O7S2/c1-2-28-26(34)29-18-24(33)30-20-9-7-8-19(16-20)21-11-12-22(39-21)27(13-4-6-15-40(27,35)36)17-23(32)31-38-25-10-3-5-14-37-25/h7-9,11-12,16,25H,2-6,10,13-15,17-18H2,1H3,(H,30,33)(H,31,32)(H2,28,29,34)/t25?,27-/m0/s1. The van der Waals surface area contributed by atoms with Crippen molar-refractivity contribution in [2.75, 3.05) is 30.8 Å². The second-order valence-corrected chi connectivity index (χ2v) is 13.4. The van der Waals surface area contributed by atoms with E-state index in [4.69, 9.17) is 9.57 Å². The predicted molar refractivity (Wildman–Crippen MR) is 152 cm³/mol. The molecule has 2 fully saturated rings. The van der Waals surface area contributed by atoms with E-state index in [9.17, 15) is 22.8 Å². The minimum Gasteiger partial charge on any atom is -0.350 e. The number of rotatable bonds is 10. The molecule has 0 aliphatic carbocycles. The van der Waals surface area contributed by atoms with Crippen LogP contribution in [-0.2, 0) is 33.7 Å². The molecule has 11 nitrogen and oxygen atoms in total. The van der Waals surface area contributed by atoms with E-state index in [-0.39, 0.29) is 24.6 Å². The summed E-state index contributed by atoms with van der Waals surface area (Å²) in [5.41, 5.74) is 3.75. The second kappa shape index (κ2) is 13.6. The second-order valence-electron chi connectivity index (χ2n) is 9.89. The number of hydrogen-bond acceptors (Lipinski definition) is 8. The van der Waals surface area contributed by atoms with E-state index in [1.54, 1.807) is 31.2 Å². The SMILES string of the molecule is CCNC(=O)NCC(=O)Nc1cccc(-c2ccc([C@@]3(CC(=O)NOC4CCCCO4)CCCCS3(=O)=O)s2)c1. The largest absolute Gasteiger partial charge is 0.350 e. The van der Waals surface area contributed by atoms with Crippen molar-refractivity contribution >= 4 is 44.7 Å². The monoisotopic (exact) mass is 592 g/mol. The van der Waals surface area contributed by atoms with Crippen molar-refractivity contribution in [1.82, 2.24) is 16.1 Å². The smallest absolute Gasteiger partial charge is 0.315 e. The Labute approximate surface area is 238 Å². The molecule has 2 aliphatic rings. The van der Waals surface area contributed by atoms with Gasteiger partial charge in [-0.1, -0.05) is 18.6 Å². The van der Waals surface area contributed by atoms with Gasteiger partial charge in [0.15, 0.2) is 16.1 Å². The van der Waals surface area contributed by atoms with Crippen molar-refractivity contribution in [3.8, 4) is 10.4 Å². The number of amides is 4. The van der Waals surface area contributed by atoms with Crippen LogP contribution in [0, 0.1) is 0 Å². The molecule has 3 heterocycles. The van der Waals surface area contributed by atoms with Crippen LogP contribution in [0.5, 0.6) is 0 Å². The number of thiophene rings is 1. The number of ether oxygens (including phenoxy) is 1. The van der Waals surface area contributed by atoms with Crippen molar-refractivity contribution in [1.29, 1.82) is 0 Å². The summed E-state index contributed by atoms with van der Waals surface area (Å²) in [6.07, 6.45) is 3.39. The van der Waals surface area contributed by atoms with Crippen molar-refractivity contribution in [2.45, 2.75) is 62.9 Å². The molecular weight excluding hydrogens is 556 g/mol. The van der Waals surface area contributed by atoms with Crippen LogP contribution in [-0.4, -0.2) is 58.0 Å². The minimum absolute atomic E-state index is 0.0198. The molecule has 1 aromatic heterocycles. The molecule has 218 valence electrons. The first kappa shape index (κ1) is 30.0. The number of nitrogens with one attached hydrogen (secondary N) is 4. The molecule has 40 heavy (non-hydrogen) atoms. The molecule has 2 saturated heterocycles. The average Bonchev–Trinajstić information content (AvgIpc) is 3.44. The van der Waals surface area contributed by atoms with Crippen LogP contribution in [0.3, 0.4) is 0 Å². The highest BCUT2D eigenvalue weighted by atomic mass is 32.2. The van der Waals surface area contributed by atoms with Crippen LogP contribution in [0.2, 0.25) is 0 Å². The summed E-state index contributed by atoms with van der Waals surface area (Å²) in [5.74, 6) is -0.860. The average molecular weight is 593 g/mol. The third-order valence-corrected chi connectivity index (χ3v) is 11.0. The zero-order valence-corrected chi connectivity index (χ0v) is 24.1. The summed E-state index contributed by atoms with van der Waals surface area (Å²) in [4.78, 5) is 43.6. The zero-order valence-electron chi connectivity index (χ0n) is 22.5. The number of benzene rings is 1. The molecule has 0 saturated carbocycles. The van der Waals surface area contributed by atoms with Gasteiger partial charge in [0, 0.05) is 35.0 Å². The highest BCUT2D eigenvalue weighted by Gasteiger charge is 2.49. The molecule has 0 bridgehead atoms. The Kier molecular flexibility index (Phi) is 10.2. The van der Waals surface area contributed by atoms with Gasteiger partial charge in [-0.25, -0.2) is 23.5 Å². The first-order valence-electron chi connectivity index (χ1n) is 13.5. The highest BCUT2D eigenvalue weighted by Crippen LogP contribution is 2.47. The number of carbonyl (C=O) groups is 3. The Bertz CT molecular complexity index is 1310. The maximum absolute atomic E-state index is 13.5. The van der Waals surface area contributed by atoms with Crippen molar-refractivity contribution in [3.63, 3.8) is 0 Å². The molecule has 1 aromatic carbocycles. The van der Waals surface area contributed by atoms with E-state index >= 15 is 0 Å². The van der Waals surface area contributed by atoms with Gasteiger partial charge in [-0.15, -0.1) is 11.3 Å². The Morgan fingerprint density at radius 2 is 1.93 bits per heavy atom. The third kappa shape index (κ3) is 7.39. The number of hydrogen-bond donors (Lipinski definition) is 4. The van der Waals surface area contributed by atoms with E-state index in [2.05, 4.69) is 21.4 Å². The van der Waals surface area contributed by atoms with Gasteiger partial charge in [0.1, 0.15) is 4.75 Å². The van der Waals surface area contributed by atoms with Crippen LogP contribution < -0.4 is 21.4 Å². The van der Waals surface area contributed by atoms with E-state index in [0.717, 1.165) is 23.3 Å². The molecule has 4 N–H and O–H groups in total. The molecular formula is C27H36N4O7S2. The van der Waals surface area contributed by atoms with E-state index in [0.29, 0.717) is 49.4 Å². The van der Waals surface area contributed by atoms with Gasteiger partial charge < -0.3 is 20.7 Å². The number of urea groups is 1. The zero-order chi connectivity index (χ0) is 28.6. The Hall–Kier alpha value is -3.00. The Morgan fingerprint density at radius 1 is 1.07 bits per heavy atom. The topological polar surface area (TPSA) is 152 Å². The lowest BCUT2D eigenvalue weighted by molar-refractivity contribution is -0.200. The highest BCUT2D eigenvalue weighted by molar-refractivity contribution is 7.92. The third-order valence-electron chi connectivity index (χ3n) is 6.96. The fourth-order valence-electron chi connectivity index (χ4n) is 4.92. The van der Waals surface area contributed by atoms with Gasteiger partial charge in [-0.2, -0.15) is 0 Å². The van der Waals surface area contributed by atoms with Crippen LogP contribution in [0.1, 0.15) is 56.7 Å². The molecule has 2 aromatic rings. The fourth-order valence-corrected chi connectivity index (χ4v) is 8.70. The fraction of sp³-hybridized carbons (Fsp3) is 0.519. The van der Waals surface area contributed by atoms with Crippen LogP contribution in [0.4, 0.5) is 10.5 Å². The van der Waals surface area contributed by atoms with Gasteiger partial charge in [0.25, 0.3) is 0 Å². The van der Waals surface area contributed by atoms with Gasteiger partial charge >= 0.3 is 6.03 Å². The molecule has 0 radical (unpaired) electrons. The summed E-state index contributed by atoms with van der Waals surface area (Å²) in [6, 6.07) is 10.4. The van der Waals surface area contributed by atoms with Crippen molar-refractivity contribution < 1.29 is 32.4 Å².